The Morgan fingerprint density at radius 2 is 1.71 bits per heavy atom. The Morgan fingerprint density at radius 1 is 1.05 bits per heavy atom. The van der Waals surface area contributed by atoms with Crippen LogP contribution in [0.4, 0.5) is 5.69 Å². The third kappa shape index (κ3) is 2.81. The largest absolute Gasteiger partial charge is 0.270 e. The molecule has 1 unspecified atom stereocenters. The summed E-state index contributed by atoms with van der Waals surface area (Å²) in [7, 11) is -3.34. The molecule has 1 atom stereocenters. The molecule has 0 fully saturated rings. The lowest BCUT2D eigenvalue weighted by Crippen LogP contribution is -2.37. The standard InChI is InChI=1S/C17H19NO2S/c1-14-11-12-18(17-10-6-5-9-16(14)17)21(19,20)13-15-7-3-2-4-8-15/h2-10,14H,11-13H2,1H3. The zero-order valence-electron chi connectivity index (χ0n) is 12.1. The topological polar surface area (TPSA) is 37.4 Å². The average molecular weight is 301 g/mol. The van der Waals surface area contributed by atoms with Gasteiger partial charge in [0.2, 0.25) is 10.0 Å². The Morgan fingerprint density at radius 3 is 2.48 bits per heavy atom. The molecule has 3 rings (SSSR count). The van der Waals surface area contributed by atoms with Crippen molar-refractivity contribution in [3.63, 3.8) is 0 Å². The molecule has 110 valence electrons. The second-order valence-corrected chi connectivity index (χ2v) is 7.46. The van der Waals surface area contributed by atoms with E-state index >= 15 is 0 Å². The first-order valence-electron chi connectivity index (χ1n) is 7.21. The zero-order chi connectivity index (χ0) is 14.9. The summed E-state index contributed by atoms with van der Waals surface area (Å²) in [6.45, 7) is 2.72. The summed E-state index contributed by atoms with van der Waals surface area (Å²) in [5.41, 5.74) is 2.79. The lowest BCUT2D eigenvalue weighted by atomic mass is 9.93. The molecular weight excluding hydrogens is 282 g/mol. The van der Waals surface area contributed by atoms with Gasteiger partial charge in [-0.15, -0.1) is 0 Å². The maximum atomic E-state index is 12.8. The lowest BCUT2D eigenvalue weighted by Gasteiger charge is -2.33. The van der Waals surface area contributed by atoms with Crippen LogP contribution in [0.3, 0.4) is 0 Å². The molecule has 2 aromatic rings. The van der Waals surface area contributed by atoms with E-state index in [0.717, 1.165) is 23.2 Å². The molecule has 0 aromatic heterocycles. The van der Waals surface area contributed by atoms with Crippen molar-refractivity contribution < 1.29 is 8.42 Å². The quantitative estimate of drug-likeness (QED) is 0.869. The number of rotatable bonds is 3. The van der Waals surface area contributed by atoms with E-state index in [4.69, 9.17) is 0 Å². The van der Waals surface area contributed by atoms with Crippen LogP contribution in [0.5, 0.6) is 0 Å². The number of para-hydroxylation sites is 1. The molecule has 4 heteroatoms. The van der Waals surface area contributed by atoms with Gasteiger partial charge in [-0.05, 0) is 29.5 Å². The maximum absolute atomic E-state index is 12.8. The van der Waals surface area contributed by atoms with E-state index in [1.807, 2.05) is 54.6 Å². The van der Waals surface area contributed by atoms with Gasteiger partial charge >= 0.3 is 0 Å². The first kappa shape index (κ1) is 14.1. The summed E-state index contributed by atoms with van der Waals surface area (Å²) in [6, 6.07) is 17.2. The van der Waals surface area contributed by atoms with E-state index in [9.17, 15) is 8.42 Å². The van der Waals surface area contributed by atoms with Gasteiger partial charge < -0.3 is 0 Å². The van der Waals surface area contributed by atoms with Crippen LogP contribution in [0.2, 0.25) is 0 Å². The maximum Gasteiger partial charge on any atom is 0.239 e. The van der Waals surface area contributed by atoms with Crippen molar-refractivity contribution in [2.24, 2.45) is 0 Å². The van der Waals surface area contributed by atoms with Gasteiger partial charge in [0.1, 0.15) is 0 Å². The number of fused-ring (bicyclic) bond motifs is 1. The van der Waals surface area contributed by atoms with Gasteiger partial charge in [-0.1, -0.05) is 55.5 Å². The van der Waals surface area contributed by atoms with E-state index in [-0.39, 0.29) is 5.75 Å². The second-order valence-electron chi connectivity index (χ2n) is 5.56. The minimum absolute atomic E-state index is 0.0521. The number of anilines is 1. The van der Waals surface area contributed by atoms with Gasteiger partial charge in [0.05, 0.1) is 11.4 Å². The fourth-order valence-corrected chi connectivity index (χ4v) is 4.49. The predicted octanol–water partition coefficient (Wildman–Crippen LogP) is 3.53. The van der Waals surface area contributed by atoms with E-state index in [1.165, 1.54) is 0 Å². The minimum atomic E-state index is -3.34. The van der Waals surface area contributed by atoms with E-state index in [0.29, 0.717) is 12.5 Å². The molecule has 0 radical (unpaired) electrons. The van der Waals surface area contributed by atoms with Crippen LogP contribution in [0.25, 0.3) is 0 Å². The SMILES string of the molecule is CC1CCN(S(=O)(=O)Cc2ccccc2)c2ccccc21. The molecule has 0 saturated heterocycles. The van der Waals surface area contributed by atoms with Crippen LogP contribution >= 0.6 is 0 Å². The third-order valence-electron chi connectivity index (χ3n) is 4.03. The van der Waals surface area contributed by atoms with Gasteiger partial charge in [0, 0.05) is 6.54 Å². The van der Waals surface area contributed by atoms with Crippen molar-refractivity contribution in [2.45, 2.75) is 25.0 Å². The Balaban J connectivity index is 1.95. The van der Waals surface area contributed by atoms with Crippen molar-refractivity contribution in [2.75, 3.05) is 10.8 Å². The Kier molecular flexibility index (Phi) is 3.72. The van der Waals surface area contributed by atoms with Crippen LogP contribution in [-0.2, 0) is 15.8 Å². The molecule has 0 N–H and O–H groups in total. The molecule has 0 aliphatic carbocycles. The lowest BCUT2D eigenvalue weighted by molar-refractivity contribution is 0.578. The van der Waals surface area contributed by atoms with Gasteiger partial charge in [0.25, 0.3) is 0 Å². The Labute approximate surface area is 126 Å². The molecule has 0 amide bonds. The molecule has 0 bridgehead atoms. The first-order chi connectivity index (χ1) is 10.1. The molecule has 0 spiro atoms. The summed E-state index contributed by atoms with van der Waals surface area (Å²) < 4.78 is 27.1. The van der Waals surface area contributed by atoms with E-state index in [1.54, 1.807) is 4.31 Å². The van der Waals surface area contributed by atoms with E-state index < -0.39 is 10.0 Å². The monoisotopic (exact) mass is 301 g/mol. The van der Waals surface area contributed by atoms with Crippen molar-refractivity contribution in [3.8, 4) is 0 Å². The molecule has 2 aromatic carbocycles. The molecule has 0 saturated carbocycles. The van der Waals surface area contributed by atoms with Crippen LogP contribution in [0.15, 0.2) is 54.6 Å². The summed E-state index contributed by atoms with van der Waals surface area (Å²) in [6.07, 6.45) is 0.866. The summed E-state index contributed by atoms with van der Waals surface area (Å²) in [5, 5.41) is 0. The molecular formula is C17H19NO2S. The van der Waals surface area contributed by atoms with Gasteiger partial charge in [-0.25, -0.2) is 8.42 Å². The van der Waals surface area contributed by atoms with Crippen molar-refractivity contribution in [1.82, 2.24) is 0 Å². The molecule has 1 heterocycles. The number of hydrogen-bond donors (Lipinski definition) is 0. The number of nitrogens with zero attached hydrogens (tertiary/aromatic N) is 1. The van der Waals surface area contributed by atoms with E-state index in [2.05, 4.69) is 6.92 Å². The smallest absolute Gasteiger partial charge is 0.239 e. The fourth-order valence-electron chi connectivity index (χ4n) is 2.87. The van der Waals surface area contributed by atoms with Crippen molar-refractivity contribution >= 4 is 15.7 Å². The van der Waals surface area contributed by atoms with Crippen LogP contribution in [0, 0.1) is 0 Å². The van der Waals surface area contributed by atoms with Gasteiger partial charge in [-0.2, -0.15) is 0 Å². The number of hydrogen-bond acceptors (Lipinski definition) is 2. The van der Waals surface area contributed by atoms with Crippen molar-refractivity contribution in [3.05, 3.63) is 65.7 Å². The molecule has 1 aliphatic heterocycles. The third-order valence-corrected chi connectivity index (χ3v) is 5.78. The first-order valence-corrected chi connectivity index (χ1v) is 8.82. The predicted molar refractivity (Wildman–Crippen MR) is 85.9 cm³/mol. The van der Waals surface area contributed by atoms with Crippen LogP contribution < -0.4 is 4.31 Å². The average Bonchev–Trinajstić information content (AvgIpc) is 2.48. The highest BCUT2D eigenvalue weighted by Gasteiger charge is 2.30. The van der Waals surface area contributed by atoms with Crippen LogP contribution in [0.1, 0.15) is 30.4 Å². The van der Waals surface area contributed by atoms with Gasteiger partial charge in [0.15, 0.2) is 0 Å². The minimum Gasteiger partial charge on any atom is -0.270 e. The zero-order valence-corrected chi connectivity index (χ0v) is 12.9. The Bertz CT molecular complexity index is 725. The summed E-state index contributed by atoms with van der Waals surface area (Å²) in [4.78, 5) is 0. The number of benzene rings is 2. The summed E-state index contributed by atoms with van der Waals surface area (Å²) >= 11 is 0. The van der Waals surface area contributed by atoms with Crippen LogP contribution in [-0.4, -0.2) is 15.0 Å². The molecule has 1 aliphatic rings. The number of sulfonamides is 1. The molecule has 3 nitrogen and oxygen atoms in total. The summed E-state index contributed by atoms with van der Waals surface area (Å²) in [5.74, 6) is 0.459. The highest BCUT2D eigenvalue weighted by molar-refractivity contribution is 7.92. The van der Waals surface area contributed by atoms with Gasteiger partial charge in [-0.3, -0.25) is 4.31 Å². The highest BCUT2D eigenvalue weighted by Crippen LogP contribution is 2.36. The molecule has 21 heavy (non-hydrogen) atoms. The highest BCUT2D eigenvalue weighted by atomic mass is 32.2. The van der Waals surface area contributed by atoms with Crippen molar-refractivity contribution in [1.29, 1.82) is 0 Å². The second kappa shape index (κ2) is 5.53. The fraction of sp³-hybridized carbons (Fsp3) is 0.294. The normalized spacial score (nSPS) is 18.3. The Hall–Kier alpha value is -1.81.